The molecule has 1 aromatic carbocycles. The zero-order valence-electron chi connectivity index (χ0n) is 12.6. The molecule has 1 heterocycles. The summed E-state index contributed by atoms with van der Waals surface area (Å²) < 4.78 is 18.7. The third kappa shape index (κ3) is 4.82. The number of hydrogen-bond donors (Lipinski definition) is 2. The smallest absolute Gasteiger partial charge is 0.315 e. The van der Waals surface area contributed by atoms with Crippen molar-refractivity contribution in [3.8, 4) is 0 Å². The number of halogens is 1. The lowest BCUT2D eigenvalue weighted by molar-refractivity contribution is 0.456. The van der Waals surface area contributed by atoms with E-state index in [2.05, 4.69) is 34.7 Å². The van der Waals surface area contributed by atoms with Gasteiger partial charge in [0.15, 0.2) is 0 Å². The van der Waals surface area contributed by atoms with E-state index in [4.69, 9.17) is 4.42 Å². The molecule has 0 fully saturated rings. The van der Waals surface area contributed by atoms with Crippen molar-refractivity contribution in [1.29, 1.82) is 0 Å². The number of nitrogens with zero attached hydrogens (tertiary/aromatic N) is 2. The van der Waals surface area contributed by atoms with Crippen molar-refractivity contribution >= 4 is 6.01 Å². The maximum atomic E-state index is 13.2. The van der Waals surface area contributed by atoms with Gasteiger partial charge in [-0.05, 0) is 37.1 Å². The number of benzene rings is 1. The number of nitrogens with one attached hydrogen (secondary N) is 2. The fraction of sp³-hybridized carbons (Fsp3) is 0.467. The fourth-order valence-corrected chi connectivity index (χ4v) is 1.90. The average molecular weight is 292 g/mol. The molecule has 2 aromatic rings. The van der Waals surface area contributed by atoms with Crippen molar-refractivity contribution in [3.05, 3.63) is 41.5 Å². The van der Waals surface area contributed by atoms with E-state index in [1.807, 2.05) is 13.0 Å². The SMILES string of the molecule is CC(C)CNCc1nnc(NC(C)c2cccc(F)c2)o1. The quantitative estimate of drug-likeness (QED) is 0.821. The largest absolute Gasteiger partial charge is 0.407 e. The van der Waals surface area contributed by atoms with Gasteiger partial charge < -0.3 is 15.1 Å². The highest BCUT2D eigenvalue weighted by Crippen LogP contribution is 2.18. The first-order valence-electron chi connectivity index (χ1n) is 7.09. The van der Waals surface area contributed by atoms with Crippen molar-refractivity contribution in [2.24, 2.45) is 5.92 Å². The number of rotatable bonds is 7. The van der Waals surface area contributed by atoms with Crippen LogP contribution in [0.4, 0.5) is 10.4 Å². The van der Waals surface area contributed by atoms with Gasteiger partial charge in [0.1, 0.15) is 5.82 Å². The van der Waals surface area contributed by atoms with E-state index in [0.717, 1.165) is 12.1 Å². The Labute approximate surface area is 124 Å². The second-order valence-corrected chi connectivity index (χ2v) is 5.45. The third-order valence-corrected chi connectivity index (χ3v) is 2.98. The molecule has 1 unspecified atom stereocenters. The van der Waals surface area contributed by atoms with Crippen LogP contribution in [0.25, 0.3) is 0 Å². The molecule has 1 aromatic heterocycles. The Kier molecular flexibility index (Phi) is 5.27. The molecule has 0 spiro atoms. The van der Waals surface area contributed by atoms with Crippen molar-refractivity contribution < 1.29 is 8.81 Å². The number of aromatic nitrogens is 2. The molecule has 5 nitrogen and oxygen atoms in total. The number of hydrogen-bond acceptors (Lipinski definition) is 5. The van der Waals surface area contributed by atoms with Crippen LogP contribution in [0, 0.1) is 11.7 Å². The minimum absolute atomic E-state index is 0.113. The minimum atomic E-state index is -0.259. The van der Waals surface area contributed by atoms with Gasteiger partial charge in [0.2, 0.25) is 5.89 Å². The molecule has 0 aliphatic rings. The van der Waals surface area contributed by atoms with Gasteiger partial charge in [-0.25, -0.2) is 4.39 Å². The van der Waals surface area contributed by atoms with Crippen LogP contribution < -0.4 is 10.6 Å². The maximum Gasteiger partial charge on any atom is 0.315 e. The van der Waals surface area contributed by atoms with E-state index < -0.39 is 0 Å². The van der Waals surface area contributed by atoms with Crippen LogP contribution in [-0.4, -0.2) is 16.7 Å². The van der Waals surface area contributed by atoms with E-state index in [1.165, 1.54) is 12.1 Å². The van der Waals surface area contributed by atoms with Gasteiger partial charge >= 0.3 is 6.01 Å². The number of anilines is 1. The highest BCUT2D eigenvalue weighted by atomic mass is 19.1. The van der Waals surface area contributed by atoms with Gasteiger partial charge in [-0.3, -0.25) is 0 Å². The van der Waals surface area contributed by atoms with Gasteiger partial charge in [0, 0.05) is 0 Å². The van der Waals surface area contributed by atoms with Gasteiger partial charge in [0.05, 0.1) is 12.6 Å². The lowest BCUT2D eigenvalue weighted by atomic mass is 10.1. The van der Waals surface area contributed by atoms with E-state index in [9.17, 15) is 4.39 Å². The molecule has 21 heavy (non-hydrogen) atoms. The van der Waals surface area contributed by atoms with Crippen molar-refractivity contribution in [1.82, 2.24) is 15.5 Å². The summed E-state index contributed by atoms with van der Waals surface area (Å²) in [6.07, 6.45) is 0. The molecule has 0 aliphatic heterocycles. The summed E-state index contributed by atoms with van der Waals surface area (Å²) in [6.45, 7) is 7.62. The first kappa shape index (κ1) is 15.4. The molecule has 2 N–H and O–H groups in total. The Morgan fingerprint density at radius 2 is 2.05 bits per heavy atom. The summed E-state index contributed by atoms with van der Waals surface area (Å²) in [5, 5.41) is 14.2. The standard InChI is InChI=1S/C15H21FN4O/c1-10(2)8-17-9-14-19-20-15(21-14)18-11(3)12-5-4-6-13(16)7-12/h4-7,10-11,17H,8-9H2,1-3H3,(H,18,20). The van der Waals surface area contributed by atoms with Gasteiger partial charge in [-0.2, -0.15) is 0 Å². The van der Waals surface area contributed by atoms with Gasteiger partial charge in [-0.15, -0.1) is 5.10 Å². The summed E-state index contributed by atoms with van der Waals surface area (Å²) in [5.74, 6) is 0.841. The highest BCUT2D eigenvalue weighted by Gasteiger charge is 2.11. The molecule has 0 radical (unpaired) electrons. The van der Waals surface area contributed by atoms with Crippen molar-refractivity contribution in [3.63, 3.8) is 0 Å². The van der Waals surface area contributed by atoms with Crippen LogP contribution in [0.3, 0.4) is 0 Å². The molecular weight excluding hydrogens is 271 g/mol. The monoisotopic (exact) mass is 292 g/mol. The fourth-order valence-electron chi connectivity index (χ4n) is 1.90. The van der Waals surface area contributed by atoms with Crippen LogP contribution in [0.15, 0.2) is 28.7 Å². The summed E-state index contributed by atoms with van der Waals surface area (Å²) in [7, 11) is 0. The van der Waals surface area contributed by atoms with E-state index >= 15 is 0 Å². The molecule has 114 valence electrons. The van der Waals surface area contributed by atoms with Crippen LogP contribution in [0.5, 0.6) is 0 Å². The first-order chi connectivity index (χ1) is 10.0. The predicted molar refractivity (Wildman–Crippen MR) is 79.3 cm³/mol. The predicted octanol–water partition coefficient (Wildman–Crippen LogP) is 3.13. The summed E-state index contributed by atoms with van der Waals surface area (Å²) in [4.78, 5) is 0. The Balaban J connectivity index is 1.90. The molecule has 0 amide bonds. The molecule has 0 aliphatic carbocycles. The summed E-state index contributed by atoms with van der Waals surface area (Å²) in [6, 6.07) is 6.66. The van der Waals surface area contributed by atoms with Crippen molar-refractivity contribution in [2.45, 2.75) is 33.4 Å². The third-order valence-electron chi connectivity index (χ3n) is 2.98. The highest BCUT2D eigenvalue weighted by molar-refractivity contribution is 5.28. The van der Waals surface area contributed by atoms with Gasteiger partial charge in [-0.1, -0.05) is 31.1 Å². The average Bonchev–Trinajstić information content (AvgIpc) is 2.86. The minimum Gasteiger partial charge on any atom is -0.407 e. The van der Waals surface area contributed by atoms with E-state index in [1.54, 1.807) is 6.07 Å². The zero-order chi connectivity index (χ0) is 15.2. The molecular formula is C15H21FN4O. The topological polar surface area (TPSA) is 63.0 Å². The second kappa shape index (κ2) is 7.17. The van der Waals surface area contributed by atoms with Crippen LogP contribution >= 0.6 is 0 Å². The summed E-state index contributed by atoms with van der Waals surface area (Å²) in [5.41, 5.74) is 0.827. The Morgan fingerprint density at radius 3 is 2.76 bits per heavy atom. The van der Waals surface area contributed by atoms with Gasteiger partial charge in [0.25, 0.3) is 0 Å². The Hall–Kier alpha value is -1.95. The Bertz CT molecular complexity index is 570. The second-order valence-electron chi connectivity index (χ2n) is 5.45. The molecule has 0 saturated carbocycles. The molecule has 2 rings (SSSR count). The van der Waals surface area contributed by atoms with Crippen LogP contribution in [0.2, 0.25) is 0 Å². The molecule has 1 atom stereocenters. The normalized spacial score (nSPS) is 12.6. The molecule has 6 heteroatoms. The lowest BCUT2D eigenvalue weighted by Crippen LogP contribution is -2.19. The van der Waals surface area contributed by atoms with E-state index in [0.29, 0.717) is 24.4 Å². The first-order valence-corrected chi connectivity index (χ1v) is 7.09. The van der Waals surface area contributed by atoms with Crippen molar-refractivity contribution in [2.75, 3.05) is 11.9 Å². The van der Waals surface area contributed by atoms with E-state index in [-0.39, 0.29) is 11.9 Å². The lowest BCUT2D eigenvalue weighted by Gasteiger charge is -2.11. The van der Waals surface area contributed by atoms with Crippen LogP contribution in [-0.2, 0) is 6.54 Å². The maximum absolute atomic E-state index is 13.2. The molecule has 0 saturated heterocycles. The molecule has 0 bridgehead atoms. The zero-order valence-corrected chi connectivity index (χ0v) is 12.6. The summed E-state index contributed by atoms with van der Waals surface area (Å²) >= 11 is 0. The van der Waals surface area contributed by atoms with Crippen LogP contribution in [0.1, 0.15) is 38.3 Å². The Morgan fingerprint density at radius 1 is 1.24 bits per heavy atom.